The van der Waals surface area contributed by atoms with E-state index in [4.69, 9.17) is 0 Å². The zero-order valence-electron chi connectivity index (χ0n) is 9.63. The highest BCUT2D eigenvalue weighted by molar-refractivity contribution is 14.1. The maximum Gasteiger partial charge on any atom is 0.0589 e. The van der Waals surface area contributed by atoms with E-state index in [0.29, 0.717) is 6.04 Å². The number of nitrogens with one attached hydrogen (secondary N) is 1. The van der Waals surface area contributed by atoms with E-state index in [1.165, 1.54) is 24.2 Å². The summed E-state index contributed by atoms with van der Waals surface area (Å²) in [7, 11) is 0. The SMILES string of the molecule is Cc1cc(I)ccc1NC(C)c1sccc1Br. The number of hydrogen-bond acceptors (Lipinski definition) is 2. The second kappa shape index (κ2) is 5.71. The zero-order valence-corrected chi connectivity index (χ0v) is 14.2. The molecule has 1 unspecified atom stereocenters. The largest absolute Gasteiger partial charge is 0.377 e. The smallest absolute Gasteiger partial charge is 0.0589 e. The van der Waals surface area contributed by atoms with Crippen molar-refractivity contribution in [3.8, 4) is 0 Å². The number of thiophene rings is 1. The van der Waals surface area contributed by atoms with Crippen LogP contribution in [0, 0.1) is 10.5 Å². The van der Waals surface area contributed by atoms with Crippen molar-refractivity contribution in [3.63, 3.8) is 0 Å². The van der Waals surface area contributed by atoms with Crippen molar-refractivity contribution in [3.05, 3.63) is 48.1 Å². The Morgan fingerprint density at radius 1 is 1.35 bits per heavy atom. The van der Waals surface area contributed by atoms with Crippen LogP contribution in [0.2, 0.25) is 0 Å². The average molecular weight is 422 g/mol. The first-order chi connectivity index (χ1) is 8.08. The van der Waals surface area contributed by atoms with Gasteiger partial charge in [-0.05, 0) is 87.6 Å². The molecule has 1 nitrogen and oxygen atoms in total. The lowest BCUT2D eigenvalue weighted by atomic mass is 10.2. The molecule has 0 fully saturated rings. The third-order valence-electron chi connectivity index (χ3n) is 2.60. The highest BCUT2D eigenvalue weighted by atomic mass is 127. The van der Waals surface area contributed by atoms with Gasteiger partial charge in [-0.3, -0.25) is 0 Å². The summed E-state index contributed by atoms with van der Waals surface area (Å²) in [5.74, 6) is 0. The molecule has 1 heterocycles. The van der Waals surface area contributed by atoms with Crippen LogP contribution in [-0.4, -0.2) is 0 Å². The maximum atomic E-state index is 3.58. The van der Waals surface area contributed by atoms with Crippen LogP contribution in [0.5, 0.6) is 0 Å². The summed E-state index contributed by atoms with van der Waals surface area (Å²) in [5, 5.41) is 5.67. The topological polar surface area (TPSA) is 12.0 Å². The summed E-state index contributed by atoms with van der Waals surface area (Å²) < 4.78 is 2.46. The molecule has 2 rings (SSSR count). The Kier molecular flexibility index (Phi) is 4.49. The van der Waals surface area contributed by atoms with E-state index in [2.05, 4.69) is 87.3 Å². The number of hydrogen-bond donors (Lipinski definition) is 1. The van der Waals surface area contributed by atoms with Gasteiger partial charge in [0.05, 0.1) is 6.04 Å². The fraction of sp³-hybridized carbons (Fsp3) is 0.231. The second-order valence-electron chi connectivity index (χ2n) is 3.96. The Hall–Kier alpha value is -0.0700. The minimum atomic E-state index is 0.322. The van der Waals surface area contributed by atoms with Crippen LogP contribution in [0.4, 0.5) is 5.69 Å². The summed E-state index contributed by atoms with van der Waals surface area (Å²) >= 11 is 7.69. The van der Waals surface area contributed by atoms with Crippen LogP contribution in [-0.2, 0) is 0 Å². The zero-order chi connectivity index (χ0) is 12.4. The predicted octanol–water partition coefficient (Wildman–Crippen LogP) is 5.60. The van der Waals surface area contributed by atoms with Gasteiger partial charge in [0.15, 0.2) is 0 Å². The van der Waals surface area contributed by atoms with E-state index in [-0.39, 0.29) is 0 Å². The van der Waals surface area contributed by atoms with Crippen LogP contribution in [0.1, 0.15) is 23.4 Å². The normalized spacial score (nSPS) is 12.5. The van der Waals surface area contributed by atoms with Crippen molar-refractivity contribution in [2.24, 2.45) is 0 Å². The molecule has 4 heteroatoms. The molecule has 0 saturated carbocycles. The Bertz CT molecular complexity index is 524. The summed E-state index contributed by atoms with van der Waals surface area (Å²) in [6.07, 6.45) is 0. The van der Waals surface area contributed by atoms with Gasteiger partial charge in [0, 0.05) is 18.6 Å². The van der Waals surface area contributed by atoms with Gasteiger partial charge in [-0.1, -0.05) is 0 Å². The van der Waals surface area contributed by atoms with Crippen molar-refractivity contribution in [1.29, 1.82) is 0 Å². The number of halogens is 2. The van der Waals surface area contributed by atoms with Crippen LogP contribution in [0.15, 0.2) is 34.1 Å². The van der Waals surface area contributed by atoms with E-state index in [0.717, 1.165) is 0 Å². The van der Waals surface area contributed by atoms with Gasteiger partial charge in [-0.15, -0.1) is 11.3 Å². The van der Waals surface area contributed by atoms with Crippen LogP contribution >= 0.6 is 49.9 Å². The van der Waals surface area contributed by atoms with Gasteiger partial charge < -0.3 is 5.32 Å². The lowest BCUT2D eigenvalue weighted by Crippen LogP contribution is -2.06. The first kappa shape index (κ1) is 13.4. The van der Waals surface area contributed by atoms with Crippen molar-refractivity contribution in [2.45, 2.75) is 19.9 Å². The van der Waals surface area contributed by atoms with Gasteiger partial charge >= 0.3 is 0 Å². The molecular formula is C13H13BrINS. The van der Waals surface area contributed by atoms with E-state index in [9.17, 15) is 0 Å². The summed E-state index contributed by atoms with van der Waals surface area (Å²) in [4.78, 5) is 1.34. The van der Waals surface area contributed by atoms with Gasteiger partial charge in [-0.25, -0.2) is 0 Å². The van der Waals surface area contributed by atoms with Crippen molar-refractivity contribution < 1.29 is 0 Å². The fourth-order valence-corrected chi connectivity index (χ4v) is 4.07. The quantitative estimate of drug-likeness (QED) is 0.636. The van der Waals surface area contributed by atoms with Crippen molar-refractivity contribution in [2.75, 3.05) is 5.32 Å². The number of anilines is 1. The van der Waals surface area contributed by atoms with Gasteiger partial charge in [-0.2, -0.15) is 0 Å². The molecule has 0 aliphatic heterocycles. The number of aryl methyl sites for hydroxylation is 1. The van der Waals surface area contributed by atoms with Crippen LogP contribution in [0.25, 0.3) is 0 Å². The van der Waals surface area contributed by atoms with E-state index in [1.54, 1.807) is 11.3 Å². The van der Waals surface area contributed by atoms with Gasteiger partial charge in [0.2, 0.25) is 0 Å². The number of rotatable bonds is 3. The lowest BCUT2D eigenvalue weighted by molar-refractivity contribution is 0.900. The molecule has 0 saturated heterocycles. The second-order valence-corrected chi connectivity index (χ2v) is 7.01. The van der Waals surface area contributed by atoms with E-state index < -0.39 is 0 Å². The minimum absolute atomic E-state index is 0.322. The molecular weight excluding hydrogens is 409 g/mol. The molecule has 1 atom stereocenters. The molecule has 2 aromatic rings. The van der Waals surface area contributed by atoms with Crippen molar-refractivity contribution in [1.82, 2.24) is 0 Å². The lowest BCUT2D eigenvalue weighted by Gasteiger charge is -2.16. The van der Waals surface area contributed by atoms with Gasteiger partial charge in [0.25, 0.3) is 0 Å². The van der Waals surface area contributed by atoms with Gasteiger partial charge in [0.1, 0.15) is 0 Å². The summed E-state index contributed by atoms with van der Waals surface area (Å²) in [6.45, 7) is 4.33. The van der Waals surface area contributed by atoms with Crippen LogP contribution in [0.3, 0.4) is 0 Å². The minimum Gasteiger partial charge on any atom is -0.377 e. The first-order valence-corrected chi connectivity index (χ1v) is 8.08. The molecule has 0 radical (unpaired) electrons. The number of benzene rings is 1. The molecule has 1 N–H and O–H groups in total. The summed E-state index contributed by atoms with van der Waals surface area (Å²) in [6, 6.07) is 8.89. The molecule has 0 aliphatic rings. The predicted molar refractivity (Wildman–Crippen MR) is 88.0 cm³/mol. The molecule has 0 spiro atoms. The summed E-state index contributed by atoms with van der Waals surface area (Å²) in [5.41, 5.74) is 2.50. The standard InChI is InChI=1S/C13H13BrINS/c1-8-7-10(15)3-4-12(8)16-9(2)13-11(14)5-6-17-13/h3-7,9,16H,1-2H3. The molecule has 1 aromatic carbocycles. The Balaban J connectivity index is 2.19. The molecule has 0 bridgehead atoms. The molecule has 0 aliphatic carbocycles. The van der Waals surface area contributed by atoms with Crippen molar-refractivity contribution >= 4 is 55.5 Å². The Morgan fingerprint density at radius 3 is 2.71 bits per heavy atom. The first-order valence-electron chi connectivity index (χ1n) is 5.33. The molecule has 0 amide bonds. The monoisotopic (exact) mass is 421 g/mol. The molecule has 17 heavy (non-hydrogen) atoms. The Labute approximate surface area is 128 Å². The van der Waals surface area contributed by atoms with E-state index >= 15 is 0 Å². The molecule has 90 valence electrons. The highest BCUT2D eigenvalue weighted by Gasteiger charge is 2.11. The average Bonchev–Trinajstić information content (AvgIpc) is 2.68. The fourth-order valence-electron chi connectivity index (χ4n) is 1.70. The molecule has 1 aromatic heterocycles. The maximum absolute atomic E-state index is 3.58. The third kappa shape index (κ3) is 3.23. The highest BCUT2D eigenvalue weighted by Crippen LogP contribution is 2.31. The third-order valence-corrected chi connectivity index (χ3v) is 5.32. The van der Waals surface area contributed by atoms with Crippen LogP contribution < -0.4 is 5.32 Å². The van der Waals surface area contributed by atoms with E-state index in [1.807, 2.05) is 0 Å². The Morgan fingerprint density at radius 2 is 2.12 bits per heavy atom.